The number of rotatable bonds is 4. The zero-order valence-corrected chi connectivity index (χ0v) is 12.5. The fourth-order valence-corrected chi connectivity index (χ4v) is 3.42. The molecule has 0 aromatic heterocycles. The largest absolute Gasteiger partial charge is 0.481 e. The van der Waals surface area contributed by atoms with Crippen molar-refractivity contribution in [2.24, 2.45) is 11.8 Å². The quantitative estimate of drug-likeness (QED) is 0.925. The van der Waals surface area contributed by atoms with E-state index < -0.39 is 11.9 Å². The second-order valence-corrected chi connectivity index (χ2v) is 6.13. The lowest BCUT2D eigenvalue weighted by Crippen LogP contribution is -2.33. The maximum atomic E-state index is 12.6. The molecule has 1 aliphatic heterocycles. The number of carbonyl (C=O) groups is 2. The van der Waals surface area contributed by atoms with Crippen LogP contribution in [0.3, 0.4) is 0 Å². The second-order valence-electron chi connectivity index (χ2n) is 5.19. The Kier molecular flexibility index (Phi) is 4.70. The zero-order chi connectivity index (χ0) is 14.7. The van der Waals surface area contributed by atoms with Gasteiger partial charge in [0.2, 0.25) is 5.91 Å². The lowest BCUT2D eigenvalue weighted by molar-refractivity contribution is -0.142. The van der Waals surface area contributed by atoms with Crippen LogP contribution in [0.25, 0.3) is 0 Å². The number of carboxylic acids is 1. The van der Waals surface area contributed by atoms with Gasteiger partial charge in [0.25, 0.3) is 0 Å². The molecule has 4 nitrogen and oxygen atoms in total. The van der Waals surface area contributed by atoms with Crippen LogP contribution in [0.5, 0.6) is 0 Å². The van der Waals surface area contributed by atoms with Gasteiger partial charge in [0.1, 0.15) is 5.25 Å². The van der Waals surface area contributed by atoms with Gasteiger partial charge in [0.05, 0.1) is 5.92 Å². The van der Waals surface area contributed by atoms with Gasteiger partial charge in [-0.1, -0.05) is 37.3 Å². The molecule has 3 atom stereocenters. The number of carbonyl (C=O) groups excluding carboxylic acids is 1. The van der Waals surface area contributed by atoms with E-state index in [2.05, 4.69) is 0 Å². The third-order valence-corrected chi connectivity index (χ3v) is 4.75. The Bertz CT molecular complexity index is 491. The molecule has 1 aliphatic rings. The minimum Gasteiger partial charge on any atom is -0.481 e. The third-order valence-electron chi connectivity index (χ3n) is 3.80. The van der Waals surface area contributed by atoms with Gasteiger partial charge in [-0.2, -0.15) is 0 Å². The van der Waals surface area contributed by atoms with E-state index in [1.807, 2.05) is 43.5 Å². The fourth-order valence-electron chi connectivity index (χ4n) is 2.64. The summed E-state index contributed by atoms with van der Waals surface area (Å²) < 4.78 is 0. The average molecular weight is 293 g/mol. The highest BCUT2D eigenvalue weighted by atomic mass is 32.2. The highest BCUT2D eigenvalue weighted by Gasteiger charge is 2.39. The molecule has 1 fully saturated rings. The number of aliphatic carboxylic acids is 1. The van der Waals surface area contributed by atoms with Crippen molar-refractivity contribution in [3.63, 3.8) is 0 Å². The van der Waals surface area contributed by atoms with Crippen molar-refractivity contribution in [3.8, 4) is 0 Å². The molecule has 1 N–H and O–H groups in total. The molecule has 1 heterocycles. The Morgan fingerprint density at radius 2 is 1.95 bits per heavy atom. The van der Waals surface area contributed by atoms with E-state index in [1.165, 1.54) is 11.8 Å². The smallest absolute Gasteiger partial charge is 0.308 e. The number of carboxylic acid groups (broad SMARTS) is 1. The fraction of sp³-hybridized carbons (Fsp3) is 0.467. The Morgan fingerprint density at radius 1 is 1.30 bits per heavy atom. The number of amides is 1. The van der Waals surface area contributed by atoms with Crippen molar-refractivity contribution in [3.05, 3.63) is 35.9 Å². The van der Waals surface area contributed by atoms with Gasteiger partial charge >= 0.3 is 5.97 Å². The van der Waals surface area contributed by atoms with E-state index in [-0.39, 0.29) is 17.1 Å². The zero-order valence-electron chi connectivity index (χ0n) is 11.7. The predicted molar refractivity (Wildman–Crippen MR) is 79.6 cm³/mol. The lowest BCUT2D eigenvalue weighted by atomic mass is 9.99. The van der Waals surface area contributed by atoms with Crippen LogP contribution in [0.15, 0.2) is 30.3 Å². The number of thioether (sulfide) groups is 1. The van der Waals surface area contributed by atoms with Crippen LogP contribution in [0, 0.1) is 11.8 Å². The van der Waals surface area contributed by atoms with Crippen molar-refractivity contribution in [2.75, 3.05) is 19.3 Å². The SMILES string of the molecule is CSC(C(=O)N1C[C@@H](C)[C@H](C(=O)O)C1)c1ccccc1. The summed E-state index contributed by atoms with van der Waals surface area (Å²) in [6, 6.07) is 9.63. The maximum absolute atomic E-state index is 12.6. The Labute approximate surface area is 123 Å². The molecule has 1 saturated heterocycles. The number of hydrogen-bond acceptors (Lipinski definition) is 3. The van der Waals surface area contributed by atoms with Crippen LogP contribution in [-0.2, 0) is 9.59 Å². The Balaban J connectivity index is 2.13. The molecule has 0 saturated carbocycles. The summed E-state index contributed by atoms with van der Waals surface area (Å²) in [5.41, 5.74) is 0.969. The molecular weight excluding hydrogens is 274 g/mol. The van der Waals surface area contributed by atoms with E-state index >= 15 is 0 Å². The molecule has 1 aromatic rings. The van der Waals surface area contributed by atoms with Crippen LogP contribution < -0.4 is 0 Å². The van der Waals surface area contributed by atoms with Crippen molar-refractivity contribution in [1.29, 1.82) is 0 Å². The van der Waals surface area contributed by atoms with E-state index in [0.717, 1.165) is 5.56 Å². The van der Waals surface area contributed by atoms with Crippen LogP contribution in [0.1, 0.15) is 17.7 Å². The van der Waals surface area contributed by atoms with E-state index in [0.29, 0.717) is 13.1 Å². The first-order valence-electron chi connectivity index (χ1n) is 6.64. The molecule has 1 unspecified atom stereocenters. The van der Waals surface area contributed by atoms with Gasteiger partial charge in [-0.05, 0) is 17.7 Å². The number of nitrogens with zero attached hydrogens (tertiary/aromatic N) is 1. The standard InChI is InChI=1S/C15H19NO3S/c1-10-8-16(9-12(10)15(18)19)14(17)13(20-2)11-6-4-3-5-7-11/h3-7,10,12-13H,8-9H2,1-2H3,(H,18,19)/t10-,12-,13?/m1/s1. The first-order chi connectivity index (χ1) is 9.54. The molecule has 108 valence electrons. The second kappa shape index (κ2) is 6.31. The first kappa shape index (κ1) is 14.9. The maximum Gasteiger partial charge on any atom is 0.308 e. The van der Waals surface area contributed by atoms with Gasteiger partial charge < -0.3 is 10.0 Å². The molecule has 0 bridgehead atoms. The lowest BCUT2D eigenvalue weighted by Gasteiger charge is -2.22. The molecule has 2 rings (SSSR count). The minimum absolute atomic E-state index is 0.00901. The van der Waals surface area contributed by atoms with Crippen LogP contribution in [0.2, 0.25) is 0 Å². The third kappa shape index (κ3) is 2.98. The topological polar surface area (TPSA) is 57.6 Å². The van der Waals surface area contributed by atoms with Crippen LogP contribution in [0.4, 0.5) is 0 Å². The van der Waals surface area contributed by atoms with Gasteiger partial charge in [-0.25, -0.2) is 0 Å². The van der Waals surface area contributed by atoms with Crippen molar-refractivity contribution in [2.45, 2.75) is 12.2 Å². The van der Waals surface area contributed by atoms with Gasteiger partial charge in [0.15, 0.2) is 0 Å². The summed E-state index contributed by atoms with van der Waals surface area (Å²) in [4.78, 5) is 25.4. The minimum atomic E-state index is -0.812. The summed E-state index contributed by atoms with van der Waals surface area (Å²) in [5, 5.41) is 8.90. The molecule has 0 spiro atoms. The van der Waals surface area contributed by atoms with Crippen molar-refractivity contribution >= 4 is 23.6 Å². The molecule has 1 aromatic carbocycles. The van der Waals surface area contributed by atoms with E-state index in [9.17, 15) is 9.59 Å². The molecule has 0 radical (unpaired) electrons. The van der Waals surface area contributed by atoms with E-state index in [1.54, 1.807) is 4.90 Å². The highest BCUT2D eigenvalue weighted by Crippen LogP contribution is 2.32. The number of hydrogen-bond donors (Lipinski definition) is 1. The monoisotopic (exact) mass is 293 g/mol. The Morgan fingerprint density at radius 3 is 2.45 bits per heavy atom. The number of likely N-dealkylation sites (tertiary alicyclic amines) is 1. The van der Waals surface area contributed by atoms with E-state index in [4.69, 9.17) is 5.11 Å². The summed E-state index contributed by atoms with van der Waals surface area (Å²) in [5.74, 6) is -1.24. The first-order valence-corrected chi connectivity index (χ1v) is 7.92. The molecule has 20 heavy (non-hydrogen) atoms. The van der Waals surface area contributed by atoms with Gasteiger partial charge in [-0.3, -0.25) is 9.59 Å². The normalized spacial score (nSPS) is 23.6. The van der Waals surface area contributed by atoms with Crippen LogP contribution in [-0.4, -0.2) is 41.2 Å². The average Bonchev–Trinajstić information content (AvgIpc) is 2.83. The van der Waals surface area contributed by atoms with Crippen molar-refractivity contribution in [1.82, 2.24) is 4.90 Å². The summed E-state index contributed by atoms with van der Waals surface area (Å²) in [6.45, 7) is 2.74. The summed E-state index contributed by atoms with van der Waals surface area (Å²) >= 11 is 1.49. The van der Waals surface area contributed by atoms with Gasteiger partial charge in [0, 0.05) is 13.1 Å². The highest BCUT2D eigenvalue weighted by molar-refractivity contribution is 7.99. The molecule has 1 amide bonds. The molecule has 0 aliphatic carbocycles. The Hall–Kier alpha value is -1.49. The predicted octanol–water partition coefficient (Wildman–Crippen LogP) is 2.27. The summed E-state index contributed by atoms with van der Waals surface area (Å²) in [7, 11) is 0. The summed E-state index contributed by atoms with van der Waals surface area (Å²) in [6.07, 6.45) is 1.91. The molecular formula is C15H19NO3S. The van der Waals surface area contributed by atoms with Crippen LogP contribution >= 0.6 is 11.8 Å². The molecule has 5 heteroatoms. The van der Waals surface area contributed by atoms with Gasteiger partial charge in [-0.15, -0.1) is 11.8 Å². The van der Waals surface area contributed by atoms with Crippen molar-refractivity contribution < 1.29 is 14.7 Å². The number of benzene rings is 1.